The van der Waals surface area contributed by atoms with Gasteiger partial charge in [0.25, 0.3) is 0 Å². The van der Waals surface area contributed by atoms with E-state index in [0.717, 1.165) is 0 Å². The zero-order valence-corrected chi connectivity index (χ0v) is 6.42. The van der Waals surface area contributed by atoms with Crippen molar-refractivity contribution in [1.29, 1.82) is 0 Å². The lowest BCUT2D eigenvalue weighted by atomic mass is 10.1. The number of esters is 2. The summed E-state index contributed by atoms with van der Waals surface area (Å²) in [4.78, 5) is 22.1. The van der Waals surface area contributed by atoms with Crippen LogP contribution in [0.1, 0.15) is 14.2 Å². The summed E-state index contributed by atoms with van der Waals surface area (Å²) >= 11 is 0. The molecule has 0 aliphatic heterocycles. The molecule has 1 aliphatic carbocycles. The first-order valence-electron chi connectivity index (χ1n) is 3.76. The van der Waals surface area contributed by atoms with E-state index < -0.39 is 23.8 Å². The highest BCUT2D eigenvalue weighted by molar-refractivity contribution is 6.02. The van der Waals surface area contributed by atoms with E-state index in [4.69, 9.17) is 1.37 Å². The van der Waals surface area contributed by atoms with Crippen molar-refractivity contribution in [3.05, 3.63) is 0 Å². The summed E-state index contributed by atoms with van der Waals surface area (Å²) in [6.45, 7) is 0. The van der Waals surface area contributed by atoms with E-state index in [0.29, 0.717) is 0 Å². The second kappa shape index (κ2) is 2.53. The SMILES string of the molecule is [2H]C1CC1(C(=O)OC)C(=O)OC. The van der Waals surface area contributed by atoms with Crippen molar-refractivity contribution in [3.63, 3.8) is 0 Å². The Kier molecular flexibility index (Phi) is 1.52. The lowest BCUT2D eigenvalue weighted by Gasteiger charge is -2.08. The van der Waals surface area contributed by atoms with Crippen molar-refractivity contribution >= 4 is 11.9 Å². The van der Waals surface area contributed by atoms with Gasteiger partial charge in [-0.1, -0.05) is 0 Å². The molecular weight excluding hydrogens is 148 g/mol. The van der Waals surface area contributed by atoms with E-state index in [2.05, 4.69) is 9.47 Å². The minimum atomic E-state index is -1.33. The first kappa shape index (κ1) is 6.64. The molecule has 0 spiro atoms. The largest absolute Gasteiger partial charge is 0.468 e. The Bertz CT molecular complexity index is 209. The van der Waals surface area contributed by atoms with E-state index in [1.54, 1.807) is 0 Å². The minimum Gasteiger partial charge on any atom is -0.468 e. The first-order valence-corrected chi connectivity index (χ1v) is 3.18. The zero-order valence-electron chi connectivity index (χ0n) is 7.42. The molecule has 1 rings (SSSR count). The Hall–Kier alpha value is -1.06. The maximum absolute atomic E-state index is 11.1. The van der Waals surface area contributed by atoms with Crippen molar-refractivity contribution in [2.45, 2.75) is 12.8 Å². The van der Waals surface area contributed by atoms with Crippen LogP contribution in [0.2, 0.25) is 0 Å². The molecule has 0 aromatic heterocycles. The summed E-state index contributed by atoms with van der Waals surface area (Å²) in [6, 6.07) is 0. The van der Waals surface area contributed by atoms with Gasteiger partial charge in [-0.25, -0.2) is 0 Å². The van der Waals surface area contributed by atoms with Gasteiger partial charge in [-0.05, 0) is 12.8 Å². The summed E-state index contributed by atoms with van der Waals surface area (Å²) in [5.41, 5.74) is -1.33. The summed E-state index contributed by atoms with van der Waals surface area (Å²) in [5, 5.41) is 0. The molecule has 1 saturated carbocycles. The highest BCUT2D eigenvalue weighted by Crippen LogP contribution is 2.47. The van der Waals surface area contributed by atoms with Gasteiger partial charge in [-0.15, -0.1) is 0 Å². The van der Waals surface area contributed by atoms with Crippen LogP contribution in [-0.4, -0.2) is 26.2 Å². The molecule has 0 radical (unpaired) electrons. The summed E-state index contributed by atoms with van der Waals surface area (Å²) in [6.07, 6.45) is -0.510. The van der Waals surface area contributed by atoms with Gasteiger partial charge in [0.1, 0.15) is 0 Å². The van der Waals surface area contributed by atoms with Crippen LogP contribution in [0.25, 0.3) is 0 Å². The van der Waals surface area contributed by atoms with Crippen molar-refractivity contribution in [1.82, 2.24) is 0 Å². The van der Waals surface area contributed by atoms with Crippen molar-refractivity contribution in [2.75, 3.05) is 14.2 Å². The molecule has 1 atom stereocenters. The Morgan fingerprint density at radius 3 is 1.91 bits per heavy atom. The Labute approximate surface area is 65.9 Å². The van der Waals surface area contributed by atoms with Crippen LogP contribution >= 0.6 is 0 Å². The van der Waals surface area contributed by atoms with E-state index in [1.165, 1.54) is 14.2 Å². The molecule has 62 valence electrons. The molecule has 1 aliphatic rings. The van der Waals surface area contributed by atoms with Crippen LogP contribution in [0.5, 0.6) is 0 Å². The summed E-state index contributed by atoms with van der Waals surface area (Å²) in [5.74, 6) is -1.34. The van der Waals surface area contributed by atoms with Crippen LogP contribution in [0, 0.1) is 5.41 Å². The molecule has 0 N–H and O–H groups in total. The van der Waals surface area contributed by atoms with Gasteiger partial charge >= 0.3 is 11.9 Å². The molecule has 1 unspecified atom stereocenters. The fourth-order valence-electron chi connectivity index (χ4n) is 0.883. The number of ether oxygens (including phenoxy) is 2. The van der Waals surface area contributed by atoms with Crippen molar-refractivity contribution < 1.29 is 20.4 Å². The molecule has 0 amide bonds. The minimum absolute atomic E-state index is 0.201. The van der Waals surface area contributed by atoms with Gasteiger partial charge in [0.2, 0.25) is 0 Å². The first-order chi connectivity index (χ1) is 5.59. The van der Waals surface area contributed by atoms with Gasteiger partial charge in [0.05, 0.1) is 14.2 Å². The number of carbonyl (C=O) groups is 2. The molecule has 4 nitrogen and oxygen atoms in total. The second-order valence-corrected chi connectivity index (χ2v) is 2.36. The third-order valence-electron chi connectivity index (χ3n) is 1.71. The maximum Gasteiger partial charge on any atom is 0.323 e. The molecule has 1 fully saturated rings. The van der Waals surface area contributed by atoms with Crippen LogP contribution in [0.4, 0.5) is 0 Å². The van der Waals surface area contributed by atoms with E-state index in [9.17, 15) is 9.59 Å². The van der Waals surface area contributed by atoms with E-state index in [-0.39, 0.29) is 6.42 Å². The average Bonchev–Trinajstić information content (AvgIpc) is 2.76. The third-order valence-corrected chi connectivity index (χ3v) is 1.71. The van der Waals surface area contributed by atoms with Crippen LogP contribution in [0.3, 0.4) is 0 Å². The monoisotopic (exact) mass is 159 g/mol. The number of methoxy groups -OCH3 is 2. The Balaban J connectivity index is 2.79. The molecule has 0 bridgehead atoms. The fourth-order valence-corrected chi connectivity index (χ4v) is 0.883. The van der Waals surface area contributed by atoms with E-state index >= 15 is 0 Å². The highest BCUT2D eigenvalue weighted by atomic mass is 16.5. The second-order valence-electron chi connectivity index (χ2n) is 2.36. The predicted molar refractivity (Wildman–Crippen MR) is 35.7 cm³/mol. The molecule has 0 saturated heterocycles. The molecule has 11 heavy (non-hydrogen) atoms. The molecular formula is C7H10O4. The summed E-state index contributed by atoms with van der Waals surface area (Å²) < 4.78 is 16.1. The topological polar surface area (TPSA) is 52.6 Å². The van der Waals surface area contributed by atoms with Crippen molar-refractivity contribution in [2.24, 2.45) is 5.41 Å². The summed E-state index contributed by atoms with van der Waals surface area (Å²) in [7, 11) is 2.39. The van der Waals surface area contributed by atoms with Crippen LogP contribution < -0.4 is 0 Å². The quantitative estimate of drug-likeness (QED) is 0.424. The van der Waals surface area contributed by atoms with Gasteiger partial charge in [-0.2, -0.15) is 0 Å². The van der Waals surface area contributed by atoms with Crippen LogP contribution in [0.15, 0.2) is 0 Å². The fraction of sp³-hybridized carbons (Fsp3) is 0.714. The van der Waals surface area contributed by atoms with Gasteiger partial charge < -0.3 is 9.47 Å². The molecule has 0 aromatic rings. The highest BCUT2D eigenvalue weighted by Gasteiger charge is 2.59. The lowest BCUT2D eigenvalue weighted by molar-refractivity contribution is -0.161. The van der Waals surface area contributed by atoms with Gasteiger partial charge in [-0.3, -0.25) is 9.59 Å². The number of hydrogen-bond donors (Lipinski definition) is 0. The molecule has 4 heteroatoms. The lowest BCUT2D eigenvalue weighted by Crippen LogP contribution is -2.27. The average molecular weight is 159 g/mol. The Morgan fingerprint density at radius 2 is 1.73 bits per heavy atom. The van der Waals surface area contributed by atoms with Crippen molar-refractivity contribution in [3.8, 4) is 0 Å². The molecule has 0 aromatic carbocycles. The van der Waals surface area contributed by atoms with Gasteiger partial charge in [0, 0.05) is 1.37 Å². The Morgan fingerprint density at radius 1 is 1.36 bits per heavy atom. The normalized spacial score (nSPS) is 26.7. The van der Waals surface area contributed by atoms with Crippen LogP contribution in [-0.2, 0) is 19.1 Å². The number of carbonyl (C=O) groups excluding carboxylic acids is 2. The van der Waals surface area contributed by atoms with Gasteiger partial charge in [0.15, 0.2) is 5.41 Å². The maximum atomic E-state index is 11.1. The number of hydrogen-bond acceptors (Lipinski definition) is 4. The third kappa shape index (κ3) is 1.08. The smallest absolute Gasteiger partial charge is 0.323 e. The standard InChI is InChI=1S/C7H10O4/c1-10-5(8)7(3-4-7)6(9)11-2/h3-4H2,1-2H3/i3D. The number of rotatable bonds is 2. The molecule has 0 heterocycles. The zero-order chi connectivity index (χ0) is 9.35. The predicted octanol–water partition coefficient (Wildman–Crippen LogP) is 0.113. The van der Waals surface area contributed by atoms with E-state index in [1.807, 2.05) is 0 Å².